The van der Waals surface area contributed by atoms with Crippen LogP contribution in [0.5, 0.6) is 0 Å². The quantitative estimate of drug-likeness (QED) is 0.591. The first-order valence-electron chi connectivity index (χ1n) is 8.58. The number of nitrogens with zero attached hydrogens (tertiary/aromatic N) is 2. The highest BCUT2D eigenvalue weighted by atomic mass is 79.9. The molecule has 0 fully saturated rings. The van der Waals surface area contributed by atoms with E-state index in [1.807, 2.05) is 30.3 Å². The predicted molar refractivity (Wildman–Crippen MR) is 107 cm³/mol. The molecule has 3 aromatic rings. The average Bonchev–Trinajstić information content (AvgIpc) is 2.67. The molecule has 1 atom stereocenters. The molecule has 2 aromatic heterocycles. The maximum Gasteiger partial charge on any atom is 0.308 e. The molecule has 2 heterocycles. The first kappa shape index (κ1) is 19.8. The SMILES string of the molecule is CC(=O)NC(CC(=O)OCc1cc(=O)n2cc(Br)ccc2n1)c1ccccc1. The van der Waals surface area contributed by atoms with Crippen molar-refractivity contribution in [3.63, 3.8) is 0 Å². The van der Waals surface area contributed by atoms with Gasteiger partial charge in [0.1, 0.15) is 12.3 Å². The molecule has 1 aromatic carbocycles. The number of esters is 1. The number of aromatic nitrogens is 2. The largest absolute Gasteiger partial charge is 0.459 e. The molecule has 0 aliphatic carbocycles. The Hall–Kier alpha value is -3.00. The van der Waals surface area contributed by atoms with Gasteiger partial charge in [-0.1, -0.05) is 30.3 Å². The molecule has 8 heteroatoms. The molecular formula is C20H18BrN3O4. The summed E-state index contributed by atoms with van der Waals surface area (Å²) in [6.45, 7) is 1.27. The number of pyridine rings is 1. The fraction of sp³-hybridized carbons (Fsp3) is 0.200. The average molecular weight is 444 g/mol. The molecule has 144 valence electrons. The molecular weight excluding hydrogens is 426 g/mol. The summed E-state index contributed by atoms with van der Waals surface area (Å²) in [5.74, 6) is -0.738. The van der Waals surface area contributed by atoms with Crippen LogP contribution in [0.25, 0.3) is 5.65 Å². The van der Waals surface area contributed by atoms with Crippen molar-refractivity contribution in [3.8, 4) is 0 Å². The normalized spacial score (nSPS) is 11.8. The summed E-state index contributed by atoms with van der Waals surface area (Å²) in [6.07, 6.45) is 1.60. The Morgan fingerprint density at radius 1 is 1.21 bits per heavy atom. The first-order chi connectivity index (χ1) is 13.4. The number of fused-ring (bicyclic) bond motifs is 1. The first-order valence-corrected chi connectivity index (χ1v) is 9.37. The molecule has 0 aliphatic rings. The molecule has 0 spiro atoms. The second-order valence-corrected chi connectivity index (χ2v) is 7.11. The van der Waals surface area contributed by atoms with E-state index in [0.29, 0.717) is 11.3 Å². The number of amides is 1. The maximum absolute atomic E-state index is 12.3. The van der Waals surface area contributed by atoms with Crippen molar-refractivity contribution < 1.29 is 14.3 Å². The Labute approximate surface area is 169 Å². The van der Waals surface area contributed by atoms with Crippen LogP contribution in [0.3, 0.4) is 0 Å². The molecule has 0 radical (unpaired) electrons. The number of ether oxygens (including phenoxy) is 1. The molecule has 0 saturated carbocycles. The second-order valence-electron chi connectivity index (χ2n) is 6.19. The van der Waals surface area contributed by atoms with Crippen molar-refractivity contribution >= 4 is 33.5 Å². The molecule has 1 N–H and O–H groups in total. The summed E-state index contributed by atoms with van der Waals surface area (Å²) in [7, 11) is 0. The smallest absolute Gasteiger partial charge is 0.308 e. The zero-order valence-corrected chi connectivity index (χ0v) is 16.7. The van der Waals surface area contributed by atoms with Gasteiger partial charge in [0, 0.05) is 23.7 Å². The molecule has 0 aliphatic heterocycles. The lowest BCUT2D eigenvalue weighted by Crippen LogP contribution is -2.28. The number of rotatable bonds is 6. The summed E-state index contributed by atoms with van der Waals surface area (Å²) in [5.41, 5.74) is 1.36. The fourth-order valence-corrected chi connectivity index (χ4v) is 3.10. The van der Waals surface area contributed by atoms with Crippen LogP contribution in [0.15, 0.2) is 64.0 Å². The summed E-state index contributed by atoms with van der Waals surface area (Å²) in [5, 5.41) is 2.75. The third-order valence-electron chi connectivity index (χ3n) is 4.01. The van der Waals surface area contributed by atoms with Crippen molar-refractivity contribution in [3.05, 3.63) is 80.8 Å². The number of nitrogens with one attached hydrogen (secondary N) is 1. The van der Waals surface area contributed by atoms with Crippen LogP contribution in [0.4, 0.5) is 0 Å². The topological polar surface area (TPSA) is 89.8 Å². The van der Waals surface area contributed by atoms with Gasteiger partial charge in [0.15, 0.2) is 0 Å². The molecule has 0 saturated heterocycles. The highest BCUT2D eigenvalue weighted by Crippen LogP contribution is 2.17. The van der Waals surface area contributed by atoms with E-state index in [2.05, 4.69) is 26.2 Å². The van der Waals surface area contributed by atoms with Crippen LogP contribution < -0.4 is 10.9 Å². The van der Waals surface area contributed by atoms with E-state index >= 15 is 0 Å². The Bertz CT molecular complexity index is 1070. The monoisotopic (exact) mass is 443 g/mol. The third-order valence-corrected chi connectivity index (χ3v) is 4.48. The van der Waals surface area contributed by atoms with E-state index in [9.17, 15) is 14.4 Å². The lowest BCUT2D eigenvalue weighted by molar-refractivity contribution is -0.145. The Morgan fingerprint density at radius 2 is 1.96 bits per heavy atom. The number of halogens is 1. The zero-order chi connectivity index (χ0) is 20.1. The van der Waals surface area contributed by atoms with E-state index in [0.717, 1.165) is 10.0 Å². The molecule has 7 nitrogen and oxygen atoms in total. The van der Waals surface area contributed by atoms with Crippen molar-refractivity contribution in [1.29, 1.82) is 0 Å². The van der Waals surface area contributed by atoms with Crippen LogP contribution >= 0.6 is 15.9 Å². The summed E-state index contributed by atoms with van der Waals surface area (Å²) >= 11 is 3.31. The highest BCUT2D eigenvalue weighted by molar-refractivity contribution is 9.10. The minimum Gasteiger partial charge on any atom is -0.459 e. The van der Waals surface area contributed by atoms with Gasteiger partial charge >= 0.3 is 5.97 Å². The number of benzene rings is 1. The van der Waals surface area contributed by atoms with Crippen LogP contribution in [-0.2, 0) is 20.9 Å². The lowest BCUT2D eigenvalue weighted by atomic mass is 10.0. The van der Waals surface area contributed by atoms with Crippen molar-refractivity contribution in [1.82, 2.24) is 14.7 Å². The fourth-order valence-electron chi connectivity index (χ4n) is 2.76. The highest BCUT2D eigenvalue weighted by Gasteiger charge is 2.18. The number of carbonyl (C=O) groups excluding carboxylic acids is 2. The van der Waals surface area contributed by atoms with Gasteiger partial charge in [0.05, 0.1) is 18.2 Å². The van der Waals surface area contributed by atoms with Crippen LogP contribution in [0.2, 0.25) is 0 Å². The molecule has 3 rings (SSSR count). The standard InChI is InChI=1S/C20H18BrN3O4/c1-13(25)22-17(14-5-3-2-4-6-14)10-20(27)28-12-16-9-19(26)24-11-15(21)7-8-18(24)23-16/h2-9,11,17H,10,12H2,1H3,(H,22,25). The van der Waals surface area contributed by atoms with E-state index in [4.69, 9.17) is 4.74 Å². The Balaban J connectivity index is 1.69. The van der Waals surface area contributed by atoms with Gasteiger partial charge in [0.25, 0.3) is 5.56 Å². The van der Waals surface area contributed by atoms with E-state index in [-0.39, 0.29) is 24.5 Å². The van der Waals surface area contributed by atoms with Gasteiger partial charge in [-0.25, -0.2) is 4.98 Å². The van der Waals surface area contributed by atoms with Gasteiger partial charge in [-0.15, -0.1) is 0 Å². The summed E-state index contributed by atoms with van der Waals surface area (Å²) < 4.78 is 7.44. The van der Waals surface area contributed by atoms with Crippen molar-refractivity contribution in [2.24, 2.45) is 0 Å². The Kier molecular flexibility index (Phi) is 6.20. The van der Waals surface area contributed by atoms with E-state index < -0.39 is 12.0 Å². The second kappa shape index (κ2) is 8.79. The van der Waals surface area contributed by atoms with Gasteiger partial charge in [-0.3, -0.25) is 18.8 Å². The van der Waals surface area contributed by atoms with Gasteiger partial charge in [-0.05, 0) is 33.6 Å². The maximum atomic E-state index is 12.3. The van der Waals surface area contributed by atoms with Gasteiger partial charge in [-0.2, -0.15) is 0 Å². The van der Waals surface area contributed by atoms with E-state index in [1.165, 1.54) is 17.4 Å². The summed E-state index contributed by atoms with van der Waals surface area (Å²) in [4.78, 5) is 40.3. The lowest BCUT2D eigenvalue weighted by Gasteiger charge is -2.17. The molecule has 28 heavy (non-hydrogen) atoms. The number of carbonyl (C=O) groups is 2. The molecule has 0 bridgehead atoms. The molecule has 1 unspecified atom stereocenters. The van der Waals surface area contributed by atoms with Gasteiger partial charge in [0.2, 0.25) is 5.91 Å². The third kappa shape index (κ3) is 5.04. The van der Waals surface area contributed by atoms with Crippen LogP contribution in [0.1, 0.15) is 30.6 Å². The predicted octanol–water partition coefficient (Wildman–Crippen LogP) is 2.77. The number of hydrogen-bond donors (Lipinski definition) is 1. The van der Waals surface area contributed by atoms with Crippen LogP contribution in [0, 0.1) is 0 Å². The number of hydrogen-bond acceptors (Lipinski definition) is 5. The molecule has 1 amide bonds. The summed E-state index contributed by atoms with van der Waals surface area (Å²) in [6, 6.07) is 13.5. The van der Waals surface area contributed by atoms with E-state index in [1.54, 1.807) is 18.3 Å². The minimum absolute atomic E-state index is 0.0247. The van der Waals surface area contributed by atoms with Crippen LogP contribution in [-0.4, -0.2) is 21.3 Å². The van der Waals surface area contributed by atoms with Crippen molar-refractivity contribution in [2.75, 3.05) is 0 Å². The van der Waals surface area contributed by atoms with Crippen molar-refractivity contribution in [2.45, 2.75) is 26.0 Å². The Morgan fingerprint density at radius 3 is 2.68 bits per heavy atom. The zero-order valence-electron chi connectivity index (χ0n) is 15.1. The minimum atomic E-state index is -0.500. The van der Waals surface area contributed by atoms with Gasteiger partial charge < -0.3 is 10.1 Å².